The van der Waals surface area contributed by atoms with Crippen LogP contribution in [0.1, 0.15) is 24.5 Å². The van der Waals surface area contributed by atoms with Crippen LogP contribution in [0.25, 0.3) is 0 Å². The van der Waals surface area contributed by atoms with Gasteiger partial charge in [-0.15, -0.1) is 0 Å². The molecule has 0 atom stereocenters. The van der Waals surface area contributed by atoms with Crippen molar-refractivity contribution in [3.05, 3.63) is 59.7 Å². The van der Waals surface area contributed by atoms with Crippen LogP contribution in [-0.2, 0) is 16.4 Å². The van der Waals surface area contributed by atoms with Crippen molar-refractivity contribution in [2.45, 2.75) is 31.6 Å². The molecule has 0 fully saturated rings. The van der Waals surface area contributed by atoms with Gasteiger partial charge >= 0.3 is 0 Å². The summed E-state index contributed by atoms with van der Waals surface area (Å²) in [6.45, 7) is 4.01. The molecule has 0 aromatic heterocycles. The number of benzene rings is 2. The maximum Gasteiger partial charge on any atom is 0.261 e. The monoisotopic (exact) mass is 289 g/mol. The average Bonchev–Trinajstić information content (AvgIpc) is 2.41. The van der Waals surface area contributed by atoms with Crippen LogP contribution in [-0.4, -0.2) is 8.42 Å². The number of hydrogen-bond donors (Lipinski definition) is 1. The molecular formula is C16H19NO2S. The summed E-state index contributed by atoms with van der Waals surface area (Å²) in [7, 11) is -3.52. The normalized spacial score (nSPS) is 11.3. The molecule has 0 unspecified atom stereocenters. The minimum absolute atomic E-state index is 0.286. The zero-order valence-corrected chi connectivity index (χ0v) is 12.6. The van der Waals surface area contributed by atoms with Crippen LogP contribution in [0.3, 0.4) is 0 Å². The molecule has 0 radical (unpaired) electrons. The highest BCUT2D eigenvalue weighted by molar-refractivity contribution is 7.92. The summed E-state index contributed by atoms with van der Waals surface area (Å²) in [4.78, 5) is 0.286. The van der Waals surface area contributed by atoms with E-state index >= 15 is 0 Å². The molecule has 0 spiro atoms. The van der Waals surface area contributed by atoms with E-state index in [0.29, 0.717) is 5.69 Å². The van der Waals surface area contributed by atoms with Crippen molar-refractivity contribution in [1.82, 2.24) is 0 Å². The fourth-order valence-electron chi connectivity index (χ4n) is 2.03. The molecule has 0 saturated heterocycles. The van der Waals surface area contributed by atoms with Gasteiger partial charge in [-0.05, 0) is 37.1 Å². The van der Waals surface area contributed by atoms with Crippen molar-refractivity contribution in [3.63, 3.8) is 0 Å². The van der Waals surface area contributed by atoms with E-state index in [1.54, 1.807) is 30.3 Å². The van der Waals surface area contributed by atoms with Crippen molar-refractivity contribution < 1.29 is 8.42 Å². The molecule has 0 amide bonds. The summed E-state index contributed by atoms with van der Waals surface area (Å²) >= 11 is 0. The Hall–Kier alpha value is -1.81. The molecule has 0 aliphatic rings. The second-order valence-electron chi connectivity index (χ2n) is 4.83. The van der Waals surface area contributed by atoms with Gasteiger partial charge in [-0.3, -0.25) is 4.72 Å². The lowest BCUT2D eigenvalue weighted by molar-refractivity contribution is 0.601. The van der Waals surface area contributed by atoms with Gasteiger partial charge in [-0.1, -0.05) is 49.2 Å². The number of hydrogen-bond acceptors (Lipinski definition) is 2. The Morgan fingerprint density at radius 3 is 2.30 bits per heavy atom. The first-order chi connectivity index (χ1) is 9.53. The fourth-order valence-corrected chi connectivity index (χ4v) is 3.13. The molecule has 3 nitrogen and oxygen atoms in total. The summed E-state index contributed by atoms with van der Waals surface area (Å²) in [6.07, 6.45) is 1.83. The molecule has 1 N–H and O–H groups in total. The number of sulfonamides is 1. The molecule has 0 saturated carbocycles. The van der Waals surface area contributed by atoms with Crippen molar-refractivity contribution in [2.24, 2.45) is 0 Å². The van der Waals surface area contributed by atoms with Crippen molar-refractivity contribution in [1.29, 1.82) is 0 Å². The highest BCUT2D eigenvalue weighted by Gasteiger charge is 2.15. The zero-order valence-electron chi connectivity index (χ0n) is 11.8. The predicted molar refractivity (Wildman–Crippen MR) is 82.4 cm³/mol. The molecule has 20 heavy (non-hydrogen) atoms. The van der Waals surface area contributed by atoms with E-state index in [9.17, 15) is 8.42 Å². The van der Waals surface area contributed by atoms with E-state index in [2.05, 4.69) is 11.6 Å². The molecule has 2 rings (SSSR count). The number of rotatable bonds is 5. The van der Waals surface area contributed by atoms with Gasteiger partial charge in [-0.25, -0.2) is 8.42 Å². The predicted octanol–water partition coefficient (Wildman–Crippen LogP) is 3.75. The van der Waals surface area contributed by atoms with Crippen LogP contribution in [0.5, 0.6) is 0 Å². The lowest BCUT2D eigenvalue weighted by atomic mass is 10.1. The Kier molecular flexibility index (Phi) is 4.45. The molecule has 106 valence electrons. The van der Waals surface area contributed by atoms with E-state index in [-0.39, 0.29) is 4.90 Å². The third-order valence-corrected chi connectivity index (χ3v) is 4.49. The summed E-state index contributed by atoms with van der Waals surface area (Å²) in [5.41, 5.74) is 2.72. The summed E-state index contributed by atoms with van der Waals surface area (Å²) < 4.78 is 27.4. The van der Waals surface area contributed by atoms with Gasteiger partial charge in [0.15, 0.2) is 0 Å². The van der Waals surface area contributed by atoms with Crippen LogP contribution in [0, 0.1) is 6.92 Å². The summed E-state index contributed by atoms with van der Waals surface area (Å²) in [6, 6.07) is 14.4. The smallest absolute Gasteiger partial charge is 0.261 e. The highest BCUT2D eigenvalue weighted by atomic mass is 32.2. The summed E-state index contributed by atoms with van der Waals surface area (Å²) in [5, 5.41) is 0. The molecular weight excluding hydrogens is 270 g/mol. The van der Waals surface area contributed by atoms with Crippen LogP contribution >= 0.6 is 0 Å². The number of anilines is 1. The van der Waals surface area contributed by atoms with Gasteiger partial charge in [0.1, 0.15) is 0 Å². The van der Waals surface area contributed by atoms with Gasteiger partial charge in [0, 0.05) is 0 Å². The van der Waals surface area contributed by atoms with Crippen molar-refractivity contribution in [2.75, 3.05) is 4.72 Å². The Morgan fingerprint density at radius 1 is 1.00 bits per heavy atom. The minimum atomic E-state index is -3.52. The van der Waals surface area contributed by atoms with Crippen LogP contribution in [0.4, 0.5) is 5.69 Å². The molecule has 4 heteroatoms. The first kappa shape index (κ1) is 14.6. The lowest BCUT2D eigenvalue weighted by Crippen LogP contribution is -2.14. The molecule has 0 bridgehead atoms. The second-order valence-corrected chi connectivity index (χ2v) is 6.51. The Balaban J connectivity index is 2.31. The number of nitrogens with one attached hydrogen (secondary N) is 1. The largest absolute Gasteiger partial charge is 0.279 e. The van der Waals surface area contributed by atoms with Crippen molar-refractivity contribution >= 4 is 15.7 Å². The van der Waals surface area contributed by atoms with Crippen molar-refractivity contribution in [3.8, 4) is 0 Å². The fraction of sp³-hybridized carbons (Fsp3) is 0.250. The maximum absolute atomic E-state index is 12.4. The molecule has 0 aliphatic carbocycles. The van der Waals surface area contributed by atoms with Crippen LogP contribution in [0.15, 0.2) is 53.4 Å². The van der Waals surface area contributed by atoms with Crippen LogP contribution < -0.4 is 4.72 Å². The summed E-state index contributed by atoms with van der Waals surface area (Å²) in [5.74, 6) is 0. The van der Waals surface area contributed by atoms with E-state index in [1.165, 1.54) is 0 Å². The van der Waals surface area contributed by atoms with Gasteiger partial charge in [0.2, 0.25) is 0 Å². The first-order valence-corrected chi connectivity index (χ1v) is 8.18. The maximum atomic E-state index is 12.4. The molecule has 2 aromatic carbocycles. The molecule has 0 heterocycles. The second kappa shape index (κ2) is 6.09. The standard InChI is InChI=1S/C16H19NO2S/c1-3-6-14-7-4-5-8-16(14)17-20(18,19)15-11-9-13(2)10-12-15/h4-5,7-12,17H,3,6H2,1-2H3. The van der Waals surface area contributed by atoms with Gasteiger partial charge in [0.25, 0.3) is 10.0 Å². The van der Waals surface area contributed by atoms with Crippen LogP contribution in [0.2, 0.25) is 0 Å². The first-order valence-electron chi connectivity index (χ1n) is 6.70. The number of aryl methyl sites for hydroxylation is 2. The van der Waals surface area contributed by atoms with Gasteiger partial charge < -0.3 is 0 Å². The zero-order chi connectivity index (χ0) is 14.6. The average molecular weight is 289 g/mol. The third kappa shape index (κ3) is 3.39. The molecule has 0 aliphatic heterocycles. The van der Waals surface area contributed by atoms with E-state index in [4.69, 9.17) is 0 Å². The van der Waals surface area contributed by atoms with E-state index < -0.39 is 10.0 Å². The molecule has 2 aromatic rings. The Labute approximate surface area is 120 Å². The minimum Gasteiger partial charge on any atom is -0.279 e. The lowest BCUT2D eigenvalue weighted by Gasteiger charge is -2.12. The quantitative estimate of drug-likeness (QED) is 0.911. The third-order valence-electron chi connectivity index (χ3n) is 3.11. The van der Waals surface area contributed by atoms with E-state index in [0.717, 1.165) is 24.0 Å². The highest BCUT2D eigenvalue weighted by Crippen LogP contribution is 2.21. The SMILES string of the molecule is CCCc1ccccc1NS(=O)(=O)c1ccc(C)cc1. The van der Waals surface area contributed by atoms with Gasteiger partial charge in [0.05, 0.1) is 10.6 Å². The Bertz CT molecular complexity index is 676. The Morgan fingerprint density at radius 2 is 1.65 bits per heavy atom. The van der Waals surface area contributed by atoms with E-state index in [1.807, 2.05) is 25.1 Å². The topological polar surface area (TPSA) is 46.2 Å². The van der Waals surface area contributed by atoms with Gasteiger partial charge in [-0.2, -0.15) is 0 Å². The number of para-hydroxylation sites is 1.